The van der Waals surface area contributed by atoms with Gasteiger partial charge in [-0.05, 0) is 25.0 Å². The second-order valence-electron chi connectivity index (χ2n) is 6.75. The highest BCUT2D eigenvalue weighted by atomic mass is 14.7. The van der Waals surface area contributed by atoms with E-state index in [2.05, 4.69) is 18.2 Å². The zero-order chi connectivity index (χ0) is 18.9. The molecule has 1 aliphatic rings. The number of nitrogens with two attached hydrogens (primary N) is 1. The standard InChI is InChI=1S/C22H18N4/c1-14-3-7-16(8-4-14)19-18(11-23)21(26)22(12-24,13-25)20(19)17-9-5-15(2)6-10-17/h3-10,19-20H,26H2,1-2H3/t19-,20-/m0/s1. The fourth-order valence-corrected chi connectivity index (χ4v) is 3.73. The van der Waals surface area contributed by atoms with Gasteiger partial charge in [0.1, 0.15) is 0 Å². The molecule has 0 spiro atoms. The Balaban J connectivity index is 2.29. The van der Waals surface area contributed by atoms with E-state index in [1.165, 1.54) is 0 Å². The number of aryl methyl sites for hydroxylation is 2. The van der Waals surface area contributed by atoms with Crippen LogP contribution in [-0.4, -0.2) is 0 Å². The minimum absolute atomic E-state index is 0.0705. The molecule has 4 heteroatoms. The Kier molecular flexibility index (Phi) is 4.25. The van der Waals surface area contributed by atoms with Crippen molar-refractivity contribution >= 4 is 0 Å². The van der Waals surface area contributed by atoms with E-state index < -0.39 is 17.3 Å². The van der Waals surface area contributed by atoms with Crippen LogP contribution in [-0.2, 0) is 0 Å². The van der Waals surface area contributed by atoms with Gasteiger partial charge in [-0.3, -0.25) is 0 Å². The zero-order valence-electron chi connectivity index (χ0n) is 14.7. The van der Waals surface area contributed by atoms with Gasteiger partial charge in [0.05, 0.1) is 29.5 Å². The molecule has 2 atom stereocenters. The number of nitrogens with zero attached hydrogens (tertiary/aromatic N) is 3. The van der Waals surface area contributed by atoms with Gasteiger partial charge in [0.2, 0.25) is 0 Å². The summed E-state index contributed by atoms with van der Waals surface area (Å²) in [5, 5.41) is 29.5. The molecule has 1 aliphatic carbocycles. The molecule has 4 nitrogen and oxygen atoms in total. The van der Waals surface area contributed by atoms with Gasteiger partial charge in [-0.15, -0.1) is 0 Å². The summed E-state index contributed by atoms with van der Waals surface area (Å²) in [5.74, 6) is -0.960. The van der Waals surface area contributed by atoms with Crippen LogP contribution in [0.5, 0.6) is 0 Å². The molecular weight excluding hydrogens is 320 g/mol. The average molecular weight is 338 g/mol. The van der Waals surface area contributed by atoms with Gasteiger partial charge in [0, 0.05) is 11.8 Å². The van der Waals surface area contributed by atoms with Crippen LogP contribution >= 0.6 is 0 Å². The first-order chi connectivity index (χ1) is 12.5. The first kappa shape index (κ1) is 17.3. The van der Waals surface area contributed by atoms with Crippen molar-refractivity contribution in [2.24, 2.45) is 11.1 Å². The zero-order valence-corrected chi connectivity index (χ0v) is 14.7. The Morgan fingerprint density at radius 1 is 0.808 bits per heavy atom. The van der Waals surface area contributed by atoms with Crippen molar-refractivity contribution in [1.29, 1.82) is 15.8 Å². The summed E-state index contributed by atoms with van der Waals surface area (Å²) in [6, 6.07) is 21.9. The SMILES string of the molecule is Cc1ccc([C@H]2C(C#N)=C(N)C(C#N)(C#N)[C@H]2c2ccc(C)cc2)cc1. The summed E-state index contributed by atoms with van der Waals surface area (Å²) >= 11 is 0. The molecule has 126 valence electrons. The highest BCUT2D eigenvalue weighted by molar-refractivity contribution is 5.58. The lowest BCUT2D eigenvalue weighted by Crippen LogP contribution is -2.29. The lowest BCUT2D eigenvalue weighted by Gasteiger charge is -2.28. The molecule has 0 unspecified atom stereocenters. The maximum Gasteiger partial charge on any atom is 0.191 e. The molecule has 0 aromatic heterocycles. The van der Waals surface area contributed by atoms with Crippen molar-refractivity contribution < 1.29 is 0 Å². The van der Waals surface area contributed by atoms with Gasteiger partial charge >= 0.3 is 0 Å². The summed E-state index contributed by atoms with van der Waals surface area (Å²) in [6.45, 7) is 3.96. The Morgan fingerprint density at radius 2 is 1.27 bits per heavy atom. The van der Waals surface area contributed by atoms with Crippen LogP contribution in [0.25, 0.3) is 0 Å². The fraction of sp³-hybridized carbons (Fsp3) is 0.227. The molecule has 26 heavy (non-hydrogen) atoms. The van der Waals surface area contributed by atoms with E-state index in [4.69, 9.17) is 5.73 Å². The molecule has 0 saturated heterocycles. The molecule has 0 bridgehead atoms. The van der Waals surface area contributed by atoms with Crippen LogP contribution in [0.15, 0.2) is 59.8 Å². The molecule has 0 fully saturated rings. The number of rotatable bonds is 2. The first-order valence-electron chi connectivity index (χ1n) is 8.34. The van der Waals surface area contributed by atoms with E-state index in [1.54, 1.807) is 0 Å². The van der Waals surface area contributed by atoms with Crippen LogP contribution in [0.2, 0.25) is 0 Å². The Bertz CT molecular complexity index is 979. The molecule has 0 radical (unpaired) electrons. The number of hydrogen-bond donors (Lipinski definition) is 1. The number of hydrogen-bond acceptors (Lipinski definition) is 4. The molecule has 0 heterocycles. The average Bonchev–Trinajstić information content (AvgIpc) is 2.91. The molecule has 2 aromatic carbocycles. The summed E-state index contributed by atoms with van der Waals surface area (Å²) in [7, 11) is 0. The summed E-state index contributed by atoms with van der Waals surface area (Å²) in [5.41, 5.74) is 8.93. The third-order valence-corrected chi connectivity index (χ3v) is 5.17. The summed E-state index contributed by atoms with van der Waals surface area (Å²) < 4.78 is 0. The van der Waals surface area contributed by atoms with Gasteiger partial charge < -0.3 is 5.73 Å². The van der Waals surface area contributed by atoms with Crippen LogP contribution in [0, 0.1) is 53.3 Å². The third kappa shape index (κ3) is 2.43. The monoisotopic (exact) mass is 338 g/mol. The molecule has 0 amide bonds. The quantitative estimate of drug-likeness (QED) is 0.896. The molecule has 2 aromatic rings. The number of allylic oxidation sites excluding steroid dienone is 2. The molecule has 3 rings (SSSR count). The number of benzene rings is 2. The van der Waals surface area contributed by atoms with Crippen LogP contribution in [0.4, 0.5) is 0 Å². The molecular formula is C22H18N4. The van der Waals surface area contributed by atoms with Crippen LogP contribution in [0.1, 0.15) is 34.1 Å². The van der Waals surface area contributed by atoms with Crippen LogP contribution < -0.4 is 5.73 Å². The predicted molar refractivity (Wildman–Crippen MR) is 98.3 cm³/mol. The maximum absolute atomic E-state index is 9.90. The summed E-state index contributed by atoms with van der Waals surface area (Å²) in [6.07, 6.45) is 0. The lowest BCUT2D eigenvalue weighted by atomic mass is 9.69. The maximum atomic E-state index is 9.90. The van der Waals surface area contributed by atoms with E-state index in [0.717, 1.165) is 22.3 Å². The second kappa shape index (κ2) is 6.40. The minimum atomic E-state index is -1.56. The third-order valence-electron chi connectivity index (χ3n) is 5.17. The minimum Gasteiger partial charge on any atom is -0.399 e. The van der Waals surface area contributed by atoms with Crippen molar-refractivity contribution in [3.8, 4) is 18.2 Å². The second-order valence-corrected chi connectivity index (χ2v) is 6.75. The van der Waals surface area contributed by atoms with E-state index in [-0.39, 0.29) is 5.70 Å². The Hall–Kier alpha value is -3.55. The Labute approximate surface area is 153 Å². The van der Waals surface area contributed by atoms with Crippen molar-refractivity contribution in [3.05, 3.63) is 82.1 Å². The summed E-state index contributed by atoms with van der Waals surface area (Å²) in [4.78, 5) is 0. The lowest BCUT2D eigenvalue weighted by molar-refractivity contribution is 0.475. The topological polar surface area (TPSA) is 97.4 Å². The highest BCUT2D eigenvalue weighted by Crippen LogP contribution is 2.57. The van der Waals surface area contributed by atoms with Gasteiger partial charge in [-0.1, -0.05) is 59.7 Å². The number of nitriles is 3. The largest absolute Gasteiger partial charge is 0.399 e. The van der Waals surface area contributed by atoms with Crippen molar-refractivity contribution in [2.45, 2.75) is 25.7 Å². The molecule has 0 aliphatic heterocycles. The van der Waals surface area contributed by atoms with Crippen molar-refractivity contribution in [1.82, 2.24) is 0 Å². The van der Waals surface area contributed by atoms with Crippen molar-refractivity contribution in [3.63, 3.8) is 0 Å². The van der Waals surface area contributed by atoms with E-state index in [1.807, 2.05) is 62.4 Å². The molecule has 0 saturated carbocycles. The van der Waals surface area contributed by atoms with Gasteiger partial charge in [0.25, 0.3) is 0 Å². The normalized spacial score (nSPS) is 20.9. The van der Waals surface area contributed by atoms with E-state index >= 15 is 0 Å². The predicted octanol–water partition coefficient (Wildman–Crippen LogP) is 3.95. The highest BCUT2D eigenvalue weighted by Gasteiger charge is 2.55. The van der Waals surface area contributed by atoms with E-state index in [0.29, 0.717) is 5.57 Å². The van der Waals surface area contributed by atoms with Gasteiger partial charge in [-0.25, -0.2) is 0 Å². The fourth-order valence-electron chi connectivity index (χ4n) is 3.73. The van der Waals surface area contributed by atoms with E-state index in [9.17, 15) is 15.8 Å². The Morgan fingerprint density at radius 3 is 1.69 bits per heavy atom. The molecule has 2 N–H and O–H groups in total. The van der Waals surface area contributed by atoms with Gasteiger partial charge in [-0.2, -0.15) is 15.8 Å². The van der Waals surface area contributed by atoms with Crippen LogP contribution in [0.3, 0.4) is 0 Å². The van der Waals surface area contributed by atoms with Gasteiger partial charge in [0.15, 0.2) is 5.41 Å². The first-order valence-corrected chi connectivity index (χ1v) is 8.34. The van der Waals surface area contributed by atoms with Crippen molar-refractivity contribution in [2.75, 3.05) is 0 Å². The smallest absolute Gasteiger partial charge is 0.191 e.